The van der Waals surface area contributed by atoms with Crippen molar-refractivity contribution in [2.45, 2.75) is 31.8 Å². The van der Waals surface area contributed by atoms with E-state index in [0.29, 0.717) is 18.2 Å². The zero-order chi connectivity index (χ0) is 13.1. The number of amides is 1. The van der Waals surface area contributed by atoms with Crippen LogP contribution < -0.4 is 11.1 Å². The van der Waals surface area contributed by atoms with Gasteiger partial charge < -0.3 is 16.2 Å². The molecule has 2 unspecified atom stereocenters. The van der Waals surface area contributed by atoms with Gasteiger partial charge in [0.15, 0.2) is 5.69 Å². The molecule has 1 heterocycles. The Morgan fingerprint density at radius 3 is 3.06 bits per heavy atom. The van der Waals surface area contributed by atoms with Gasteiger partial charge in [0.2, 0.25) is 0 Å². The number of nitrogens with one attached hydrogen (secondary N) is 1. The van der Waals surface area contributed by atoms with Gasteiger partial charge in [0.05, 0.1) is 11.8 Å². The van der Waals surface area contributed by atoms with Gasteiger partial charge in [-0.25, -0.2) is 0 Å². The molecular weight excluding hydrogens is 232 g/mol. The van der Waals surface area contributed by atoms with Gasteiger partial charge in [-0.1, -0.05) is 6.42 Å². The van der Waals surface area contributed by atoms with Crippen LogP contribution in [0.15, 0.2) is 6.20 Å². The van der Waals surface area contributed by atoms with Crippen molar-refractivity contribution in [2.75, 3.05) is 12.3 Å². The van der Waals surface area contributed by atoms with Crippen molar-refractivity contribution < 1.29 is 9.90 Å². The second-order valence-corrected chi connectivity index (χ2v) is 5.00. The second kappa shape index (κ2) is 5.39. The molecule has 1 aliphatic rings. The molecule has 100 valence electrons. The number of carbonyl (C=O) groups excluding carboxylic acids is 1. The van der Waals surface area contributed by atoms with Crippen LogP contribution in [0.25, 0.3) is 0 Å². The third kappa shape index (κ3) is 3.01. The van der Waals surface area contributed by atoms with Crippen molar-refractivity contribution in [1.29, 1.82) is 0 Å². The van der Waals surface area contributed by atoms with Crippen LogP contribution in [0.1, 0.15) is 36.2 Å². The quantitative estimate of drug-likeness (QED) is 0.720. The first-order chi connectivity index (χ1) is 8.56. The van der Waals surface area contributed by atoms with Crippen LogP contribution in [-0.2, 0) is 7.05 Å². The van der Waals surface area contributed by atoms with E-state index in [1.165, 1.54) is 4.68 Å². The Morgan fingerprint density at radius 1 is 1.67 bits per heavy atom. The van der Waals surface area contributed by atoms with Crippen LogP contribution in [0, 0.1) is 5.92 Å². The van der Waals surface area contributed by atoms with Crippen LogP contribution in [0.3, 0.4) is 0 Å². The molecule has 1 saturated carbocycles. The fraction of sp³-hybridized carbons (Fsp3) is 0.667. The van der Waals surface area contributed by atoms with Gasteiger partial charge in [-0.05, 0) is 25.2 Å². The summed E-state index contributed by atoms with van der Waals surface area (Å²) in [5, 5.41) is 16.4. The van der Waals surface area contributed by atoms with Gasteiger partial charge >= 0.3 is 0 Å². The molecule has 18 heavy (non-hydrogen) atoms. The van der Waals surface area contributed by atoms with Gasteiger partial charge in [-0.3, -0.25) is 9.48 Å². The van der Waals surface area contributed by atoms with Crippen LogP contribution in [0.5, 0.6) is 0 Å². The molecule has 2 rings (SSSR count). The monoisotopic (exact) mass is 252 g/mol. The maximum Gasteiger partial charge on any atom is 0.273 e. The third-order valence-corrected chi connectivity index (χ3v) is 3.38. The van der Waals surface area contributed by atoms with E-state index in [0.717, 1.165) is 25.7 Å². The molecule has 0 aliphatic heterocycles. The number of nitrogens with two attached hydrogens (primary N) is 1. The van der Waals surface area contributed by atoms with E-state index in [1.807, 2.05) is 0 Å². The number of anilines is 1. The van der Waals surface area contributed by atoms with E-state index in [1.54, 1.807) is 13.2 Å². The van der Waals surface area contributed by atoms with E-state index < -0.39 is 0 Å². The van der Waals surface area contributed by atoms with Crippen LogP contribution in [0.2, 0.25) is 0 Å². The molecule has 0 bridgehead atoms. The van der Waals surface area contributed by atoms with E-state index in [4.69, 9.17) is 5.73 Å². The van der Waals surface area contributed by atoms with E-state index in [2.05, 4.69) is 10.4 Å². The van der Waals surface area contributed by atoms with Crippen molar-refractivity contribution in [3.63, 3.8) is 0 Å². The predicted molar refractivity (Wildman–Crippen MR) is 67.9 cm³/mol. The molecule has 0 spiro atoms. The van der Waals surface area contributed by atoms with Crippen LogP contribution in [0.4, 0.5) is 5.69 Å². The van der Waals surface area contributed by atoms with Gasteiger partial charge in [0.25, 0.3) is 5.91 Å². The first-order valence-corrected chi connectivity index (χ1v) is 6.31. The zero-order valence-electron chi connectivity index (χ0n) is 10.6. The van der Waals surface area contributed by atoms with Crippen LogP contribution in [-0.4, -0.2) is 33.4 Å². The highest BCUT2D eigenvalue weighted by molar-refractivity contribution is 5.96. The highest BCUT2D eigenvalue weighted by Crippen LogP contribution is 2.23. The lowest BCUT2D eigenvalue weighted by molar-refractivity contribution is 0.0870. The zero-order valence-corrected chi connectivity index (χ0v) is 10.6. The molecule has 6 heteroatoms. The lowest BCUT2D eigenvalue weighted by Gasteiger charge is -2.25. The molecule has 0 aromatic carbocycles. The minimum absolute atomic E-state index is 0.222. The Kier molecular flexibility index (Phi) is 3.86. The lowest BCUT2D eigenvalue weighted by Crippen LogP contribution is -2.33. The summed E-state index contributed by atoms with van der Waals surface area (Å²) in [6.45, 7) is 0.575. The molecule has 1 fully saturated rings. The molecule has 2 atom stereocenters. The normalized spacial score (nSPS) is 23.9. The Balaban J connectivity index is 1.86. The fourth-order valence-electron chi connectivity index (χ4n) is 2.45. The summed E-state index contributed by atoms with van der Waals surface area (Å²) in [5.74, 6) is 0.107. The van der Waals surface area contributed by atoms with Crippen molar-refractivity contribution >= 4 is 11.6 Å². The number of carbonyl (C=O) groups is 1. The highest BCUT2D eigenvalue weighted by atomic mass is 16.3. The summed E-state index contributed by atoms with van der Waals surface area (Å²) in [6.07, 6.45) is 5.10. The molecule has 4 N–H and O–H groups in total. The maximum atomic E-state index is 11.9. The lowest BCUT2D eigenvalue weighted by atomic mass is 9.87. The smallest absolute Gasteiger partial charge is 0.273 e. The summed E-state index contributed by atoms with van der Waals surface area (Å²) in [7, 11) is 1.73. The number of nitrogens with zero attached hydrogens (tertiary/aromatic N) is 2. The number of hydrogen-bond acceptors (Lipinski definition) is 4. The molecule has 0 saturated heterocycles. The summed E-state index contributed by atoms with van der Waals surface area (Å²) in [6, 6.07) is 0. The van der Waals surface area contributed by atoms with E-state index in [9.17, 15) is 9.90 Å². The molecule has 1 aromatic heterocycles. The summed E-state index contributed by atoms with van der Waals surface area (Å²) in [4.78, 5) is 11.9. The maximum absolute atomic E-state index is 11.9. The summed E-state index contributed by atoms with van der Waals surface area (Å²) >= 11 is 0. The minimum atomic E-state index is -0.242. The molecular formula is C12H20N4O2. The first-order valence-electron chi connectivity index (χ1n) is 6.31. The molecule has 6 nitrogen and oxygen atoms in total. The summed E-state index contributed by atoms with van der Waals surface area (Å²) < 4.78 is 1.52. The SMILES string of the molecule is Cn1cc(N)c(C(=O)NCC2CCCC(O)C2)n1. The Bertz CT molecular complexity index is 430. The Hall–Kier alpha value is -1.56. The van der Waals surface area contributed by atoms with Crippen molar-refractivity contribution in [1.82, 2.24) is 15.1 Å². The van der Waals surface area contributed by atoms with Gasteiger partial charge in [-0.15, -0.1) is 0 Å². The van der Waals surface area contributed by atoms with E-state index >= 15 is 0 Å². The molecule has 1 aliphatic carbocycles. The number of aromatic nitrogens is 2. The number of rotatable bonds is 3. The van der Waals surface area contributed by atoms with Crippen molar-refractivity contribution in [3.8, 4) is 0 Å². The van der Waals surface area contributed by atoms with Crippen LogP contribution >= 0.6 is 0 Å². The van der Waals surface area contributed by atoms with Gasteiger partial charge in [0, 0.05) is 19.8 Å². The Morgan fingerprint density at radius 2 is 2.44 bits per heavy atom. The number of hydrogen-bond donors (Lipinski definition) is 3. The number of nitrogen functional groups attached to an aromatic ring is 1. The van der Waals surface area contributed by atoms with E-state index in [-0.39, 0.29) is 17.7 Å². The standard InChI is InChI=1S/C12H20N4O2/c1-16-7-10(13)11(15-16)12(18)14-6-8-3-2-4-9(17)5-8/h7-9,17H,2-6,13H2,1H3,(H,14,18). The van der Waals surface area contributed by atoms with Crippen molar-refractivity contribution in [2.24, 2.45) is 13.0 Å². The summed E-state index contributed by atoms with van der Waals surface area (Å²) in [5.41, 5.74) is 6.35. The van der Waals surface area contributed by atoms with Crippen molar-refractivity contribution in [3.05, 3.63) is 11.9 Å². The predicted octanol–water partition coefficient (Wildman–Crippen LogP) is 0.283. The largest absolute Gasteiger partial charge is 0.396 e. The number of aliphatic hydroxyl groups excluding tert-OH is 1. The van der Waals surface area contributed by atoms with Gasteiger partial charge in [-0.2, -0.15) is 5.10 Å². The van der Waals surface area contributed by atoms with Gasteiger partial charge in [0.1, 0.15) is 0 Å². The third-order valence-electron chi connectivity index (χ3n) is 3.38. The average molecular weight is 252 g/mol. The number of aryl methyl sites for hydroxylation is 1. The topological polar surface area (TPSA) is 93.2 Å². The molecule has 1 amide bonds. The minimum Gasteiger partial charge on any atom is -0.396 e. The fourth-order valence-corrected chi connectivity index (χ4v) is 2.45. The number of aliphatic hydroxyl groups is 1. The Labute approximate surface area is 106 Å². The second-order valence-electron chi connectivity index (χ2n) is 5.00. The first kappa shape index (κ1) is 12.9. The molecule has 1 aromatic rings. The molecule has 0 radical (unpaired) electrons. The average Bonchev–Trinajstić information content (AvgIpc) is 2.66. The highest BCUT2D eigenvalue weighted by Gasteiger charge is 2.21.